The van der Waals surface area contributed by atoms with Crippen molar-refractivity contribution in [1.29, 1.82) is 0 Å². The van der Waals surface area contributed by atoms with Crippen molar-refractivity contribution in [3.63, 3.8) is 0 Å². The number of rotatable bonds is 5. The third-order valence-corrected chi connectivity index (χ3v) is 2.81. The smallest absolute Gasteiger partial charge is 0.313 e. The van der Waals surface area contributed by atoms with Crippen LogP contribution in [0.4, 0.5) is 5.69 Å². The largest absolute Gasteiger partial charge is 0.469 e. The molecule has 0 saturated carbocycles. The Morgan fingerprint density at radius 3 is 2.71 bits per heavy atom. The first kappa shape index (κ1) is 13.6. The molecule has 0 aliphatic rings. The van der Waals surface area contributed by atoms with Gasteiger partial charge in [0.15, 0.2) is 0 Å². The molecule has 0 spiro atoms. The third kappa shape index (κ3) is 3.77. The molecule has 0 aliphatic carbocycles. The van der Waals surface area contributed by atoms with Gasteiger partial charge in [-0.05, 0) is 38.0 Å². The quantitative estimate of drug-likeness (QED) is 0.797. The van der Waals surface area contributed by atoms with Crippen LogP contribution in [0.5, 0.6) is 0 Å². The van der Waals surface area contributed by atoms with Crippen molar-refractivity contribution in [2.45, 2.75) is 27.2 Å². The molecular formula is C14H21NO2. The topological polar surface area (TPSA) is 38.3 Å². The molecule has 0 radical (unpaired) electrons. The standard InChI is InChI=1S/C14H21NO2/c1-5-11-7-6-8-12(9-11)15-10-14(2,3)13(16)17-4/h6-9,15H,5,10H2,1-4H3. The van der Waals surface area contributed by atoms with E-state index in [1.807, 2.05) is 26.0 Å². The van der Waals surface area contributed by atoms with Crippen molar-refractivity contribution in [3.8, 4) is 0 Å². The average Bonchev–Trinajstić information content (AvgIpc) is 2.35. The number of ether oxygens (including phenoxy) is 1. The van der Waals surface area contributed by atoms with Gasteiger partial charge in [0.25, 0.3) is 0 Å². The van der Waals surface area contributed by atoms with Crippen LogP contribution in [0.3, 0.4) is 0 Å². The maximum absolute atomic E-state index is 11.5. The zero-order valence-electron chi connectivity index (χ0n) is 11.0. The molecule has 0 aromatic heterocycles. The summed E-state index contributed by atoms with van der Waals surface area (Å²) < 4.78 is 4.77. The highest BCUT2D eigenvalue weighted by atomic mass is 16.5. The molecule has 1 aromatic carbocycles. The number of anilines is 1. The molecule has 0 heterocycles. The van der Waals surface area contributed by atoms with Gasteiger partial charge in [-0.2, -0.15) is 0 Å². The molecule has 0 saturated heterocycles. The lowest BCUT2D eigenvalue weighted by Crippen LogP contribution is -2.33. The van der Waals surface area contributed by atoms with Gasteiger partial charge in [0.2, 0.25) is 0 Å². The summed E-state index contributed by atoms with van der Waals surface area (Å²) in [4.78, 5) is 11.5. The molecule has 0 bridgehead atoms. The number of esters is 1. The lowest BCUT2D eigenvalue weighted by molar-refractivity contribution is -0.149. The van der Waals surface area contributed by atoms with Crippen LogP contribution in [-0.4, -0.2) is 19.6 Å². The van der Waals surface area contributed by atoms with E-state index < -0.39 is 5.41 Å². The molecule has 0 atom stereocenters. The van der Waals surface area contributed by atoms with Crippen LogP contribution in [0.15, 0.2) is 24.3 Å². The van der Waals surface area contributed by atoms with Gasteiger partial charge in [-0.25, -0.2) is 0 Å². The van der Waals surface area contributed by atoms with Gasteiger partial charge in [0, 0.05) is 12.2 Å². The summed E-state index contributed by atoms with van der Waals surface area (Å²) in [5.41, 5.74) is 1.81. The number of aryl methyl sites for hydroxylation is 1. The van der Waals surface area contributed by atoms with E-state index in [-0.39, 0.29) is 5.97 Å². The Bertz CT molecular complexity index is 386. The second-order valence-electron chi connectivity index (χ2n) is 4.78. The predicted molar refractivity (Wildman–Crippen MR) is 70.1 cm³/mol. The molecule has 17 heavy (non-hydrogen) atoms. The number of hydrogen-bond acceptors (Lipinski definition) is 3. The third-order valence-electron chi connectivity index (χ3n) is 2.81. The fraction of sp³-hybridized carbons (Fsp3) is 0.500. The Kier molecular flexibility index (Phi) is 4.55. The van der Waals surface area contributed by atoms with Gasteiger partial charge in [0.1, 0.15) is 0 Å². The highest BCUT2D eigenvalue weighted by molar-refractivity contribution is 5.76. The fourth-order valence-electron chi connectivity index (χ4n) is 1.57. The Morgan fingerprint density at radius 2 is 2.12 bits per heavy atom. The summed E-state index contributed by atoms with van der Waals surface area (Å²) >= 11 is 0. The molecular weight excluding hydrogens is 214 g/mol. The molecule has 0 amide bonds. The van der Waals surface area contributed by atoms with Crippen molar-refractivity contribution < 1.29 is 9.53 Å². The Balaban J connectivity index is 2.63. The predicted octanol–water partition coefficient (Wildman–Crippen LogP) is 2.86. The van der Waals surface area contributed by atoms with Gasteiger partial charge in [-0.3, -0.25) is 4.79 Å². The minimum atomic E-state index is -0.517. The van der Waals surface area contributed by atoms with Crippen LogP contribution >= 0.6 is 0 Å². The van der Waals surface area contributed by atoms with E-state index >= 15 is 0 Å². The lowest BCUT2D eigenvalue weighted by Gasteiger charge is -2.22. The van der Waals surface area contributed by atoms with Gasteiger partial charge >= 0.3 is 5.97 Å². The van der Waals surface area contributed by atoms with E-state index in [9.17, 15) is 4.79 Å². The fourth-order valence-corrected chi connectivity index (χ4v) is 1.57. The van der Waals surface area contributed by atoms with Crippen LogP contribution in [0.1, 0.15) is 26.3 Å². The minimum absolute atomic E-state index is 0.198. The maximum atomic E-state index is 11.5. The first-order valence-electron chi connectivity index (χ1n) is 5.91. The zero-order valence-corrected chi connectivity index (χ0v) is 11.0. The molecule has 0 fully saturated rings. The number of hydrogen-bond donors (Lipinski definition) is 1. The minimum Gasteiger partial charge on any atom is -0.469 e. The summed E-state index contributed by atoms with van der Waals surface area (Å²) in [6.07, 6.45) is 1.01. The summed E-state index contributed by atoms with van der Waals surface area (Å²) in [6, 6.07) is 8.23. The maximum Gasteiger partial charge on any atom is 0.313 e. The number of carbonyl (C=O) groups excluding carboxylic acids is 1. The lowest BCUT2D eigenvalue weighted by atomic mass is 9.93. The van der Waals surface area contributed by atoms with E-state index in [0.29, 0.717) is 6.54 Å². The van der Waals surface area contributed by atoms with Crippen LogP contribution in [0.25, 0.3) is 0 Å². The Morgan fingerprint density at radius 1 is 1.41 bits per heavy atom. The van der Waals surface area contributed by atoms with E-state index in [1.165, 1.54) is 12.7 Å². The van der Waals surface area contributed by atoms with Crippen molar-refractivity contribution in [2.24, 2.45) is 5.41 Å². The second-order valence-corrected chi connectivity index (χ2v) is 4.78. The normalized spacial score (nSPS) is 11.1. The second kappa shape index (κ2) is 5.71. The van der Waals surface area contributed by atoms with E-state index in [1.54, 1.807) is 0 Å². The van der Waals surface area contributed by atoms with Crippen molar-refractivity contribution >= 4 is 11.7 Å². The van der Waals surface area contributed by atoms with E-state index in [2.05, 4.69) is 24.4 Å². The van der Waals surface area contributed by atoms with Gasteiger partial charge in [-0.1, -0.05) is 19.1 Å². The molecule has 3 heteroatoms. The van der Waals surface area contributed by atoms with E-state index in [4.69, 9.17) is 4.74 Å². The molecule has 1 aromatic rings. The number of nitrogens with one attached hydrogen (secondary N) is 1. The Hall–Kier alpha value is -1.51. The summed E-state index contributed by atoms with van der Waals surface area (Å²) in [5, 5.41) is 3.27. The van der Waals surface area contributed by atoms with Crippen molar-refractivity contribution in [3.05, 3.63) is 29.8 Å². The van der Waals surface area contributed by atoms with Gasteiger partial charge in [-0.15, -0.1) is 0 Å². The average molecular weight is 235 g/mol. The summed E-state index contributed by atoms with van der Waals surface area (Å²) in [7, 11) is 1.42. The van der Waals surface area contributed by atoms with Gasteiger partial charge in [0.05, 0.1) is 12.5 Å². The molecule has 94 valence electrons. The zero-order chi connectivity index (χ0) is 12.9. The first-order valence-corrected chi connectivity index (χ1v) is 5.91. The summed E-state index contributed by atoms with van der Waals surface area (Å²) in [5.74, 6) is -0.198. The van der Waals surface area contributed by atoms with Crippen LogP contribution in [0, 0.1) is 5.41 Å². The highest BCUT2D eigenvalue weighted by Gasteiger charge is 2.28. The molecule has 1 rings (SSSR count). The van der Waals surface area contributed by atoms with Crippen molar-refractivity contribution in [2.75, 3.05) is 19.0 Å². The van der Waals surface area contributed by atoms with Gasteiger partial charge < -0.3 is 10.1 Å². The van der Waals surface area contributed by atoms with Crippen LogP contribution < -0.4 is 5.32 Å². The number of methoxy groups -OCH3 is 1. The molecule has 0 aliphatic heterocycles. The Labute approximate surface area is 103 Å². The van der Waals surface area contributed by atoms with E-state index in [0.717, 1.165) is 12.1 Å². The molecule has 1 N–H and O–H groups in total. The number of benzene rings is 1. The monoisotopic (exact) mass is 235 g/mol. The first-order chi connectivity index (χ1) is 7.99. The number of carbonyl (C=O) groups is 1. The van der Waals surface area contributed by atoms with Crippen molar-refractivity contribution in [1.82, 2.24) is 0 Å². The molecule has 0 unspecified atom stereocenters. The molecule has 3 nitrogen and oxygen atoms in total. The summed E-state index contributed by atoms with van der Waals surface area (Å²) in [6.45, 7) is 6.43. The SMILES string of the molecule is CCc1cccc(NCC(C)(C)C(=O)OC)c1. The van der Waals surface area contributed by atoms with Crippen LogP contribution in [-0.2, 0) is 16.0 Å². The van der Waals surface area contributed by atoms with Crippen LogP contribution in [0.2, 0.25) is 0 Å². The highest BCUT2D eigenvalue weighted by Crippen LogP contribution is 2.19.